The minimum Gasteiger partial charge on any atom is -0.398 e. The lowest BCUT2D eigenvalue weighted by molar-refractivity contribution is -0.112. The molecule has 170 valence electrons. The summed E-state index contributed by atoms with van der Waals surface area (Å²) in [5, 5.41) is 6.49. The second-order valence-electron chi connectivity index (χ2n) is 8.05. The lowest BCUT2D eigenvalue weighted by Crippen LogP contribution is -2.15. The maximum Gasteiger partial charge on any atom is 0.255 e. The highest BCUT2D eigenvalue weighted by molar-refractivity contribution is 8.01. The van der Waals surface area contributed by atoms with Crippen LogP contribution in [0.5, 0.6) is 0 Å². The van der Waals surface area contributed by atoms with Crippen LogP contribution < -0.4 is 22.2 Å². The van der Waals surface area contributed by atoms with Gasteiger partial charge in [0.25, 0.3) is 11.8 Å². The molecule has 3 aromatic rings. The number of hydrogen-bond acceptors (Lipinski definition) is 7. The number of allylic oxidation sites excluding steroid dienone is 2. The first kappa shape index (κ1) is 21.7. The molecule has 1 aliphatic heterocycles. The molecule has 0 saturated heterocycles. The largest absolute Gasteiger partial charge is 0.398 e. The lowest BCUT2D eigenvalue weighted by atomic mass is 10.0. The monoisotopic (exact) mass is 470 g/mol. The third-order valence-electron chi connectivity index (χ3n) is 5.53. The number of hydrazine groups is 1. The number of nitrogens with zero attached hydrogens (tertiary/aromatic N) is 2. The fourth-order valence-electron chi connectivity index (χ4n) is 3.84. The first-order valence-corrected chi connectivity index (χ1v) is 11.4. The van der Waals surface area contributed by atoms with Crippen LogP contribution in [0.25, 0.3) is 10.9 Å². The molecule has 0 bridgehead atoms. The zero-order chi connectivity index (χ0) is 23.8. The van der Waals surface area contributed by atoms with E-state index in [1.165, 1.54) is 16.4 Å². The van der Waals surface area contributed by atoms with E-state index in [4.69, 9.17) is 11.6 Å². The molecular weight excluding hydrogens is 448 g/mol. The zero-order valence-electron chi connectivity index (χ0n) is 18.3. The molecule has 6 N–H and O–H groups in total. The van der Waals surface area contributed by atoms with Crippen molar-refractivity contribution >= 4 is 51.7 Å². The van der Waals surface area contributed by atoms with Crippen LogP contribution in [0.4, 0.5) is 17.1 Å². The maximum absolute atomic E-state index is 12.7. The number of hydrogen-bond donors (Lipinski definition) is 4. The molecule has 2 aromatic carbocycles. The summed E-state index contributed by atoms with van der Waals surface area (Å²) in [5.41, 5.74) is 11.7. The van der Waals surface area contributed by atoms with Gasteiger partial charge in [-0.1, -0.05) is 6.08 Å². The number of anilines is 3. The molecule has 0 unspecified atom stereocenters. The van der Waals surface area contributed by atoms with Crippen molar-refractivity contribution in [1.29, 1.82) is 0 Å². The van der Waals surface area contributed by atoms with E-state index < -0.39 is 0 Å². The van der Waals surface area contributed by atoms with Crippen molar-refractivity contribution in [1.82, 2.24) is 9.40 Å². The predicted molar refractivity (Wildman–Crippen MR) is 136 cm³/mol. The number of carbonyl (C=O) groups excluding carboxylic acids is 2. The van der Waals surface area contributed by atoms with Crippen LogP contribution >= 0.6 is 11.9 Å². The maximum atomic E-state index is 12.7. The molecule has 0 atom stereocenters. The van der Waals surface area contributed by atoms with Crippen molar-refractivity contribution < 1.29 is 9.59 Å². The molecule has 2 aliphatic rings. The fourth-order valence-corrected chi connectivity index (χ4v) is 4.68. The van der Waals surface area contributed by atoms with Crippen LogP contribution in [0.15, 0.2) is 82.9 Å². The van der Waals surface area contributed by atoms with Crippen LogP contribution in [0.3, 0.4) is 0 Å². The van der Waals surface area contributed by atoms with Crippen molar-refractivity contribution in [3.05, 3.63) is 94.2 Å². The average molecular weight is 471 g/mol. The van der Waals surface area contributed by atoms with E-state index >= 15 is 0 Å². The van der Waals surface area contributed by atoms with Crippen molar-refractivity contribution in [3.63, 3.8) is 0 Å². The van der Waals surface area contributed by atoms with Gasteiger partial charge in [0.1, 0.15) is 0 Å². The Hall–Kier alpha value is -4.08. The molecule has 0 fully saturated rings. The molecule has 0 saturated carbocycles. The Morgan fingerprint density at radius 2 is 1.74 bits per heavy atom. The number of fused-ring (bicyclic) bond motifs is 2. The van der Waals surface area contributed by atoms with E-state index in [1.807, 2.05) is 25.3 Å². The molecule has 0 radical (unpaired) electrons. The third-order valence-corrected chi connectivity index (χ3v) is 6.42. The lowest BCUT2D eigenvalue weighted by Gasteiger charge is -2.13. The van der Waals surface area contributed by atoms with Gasteiger partial charge in [-0.05, 0) is 73.5 Å². The number of amides is 2. The fraction of sp³-hybridized carbons (Fsp3) is 0.0800. The topological polar surface area (TPSA) is 126 Å². The quantitative estimate of drug-likeness (QED) is 0.332. The molecule has 8 nitrogen and oxygen atoms in total. The first-order valence-electron chi connectivity index (χ1n) is 10.6. The molecule has 1 aliphatic carbocycles. The number of pyridine rings is 1. The smallest absolute Gasteiger partial charge is 0.255 e. The summed E-state index contributed by atoms with van der Waals surface area (Å²) < 4.78 is 1.54. The standard InChI is InChI=1S/C25H22N6O2S/c1-14-10-21(26)20-11-15(4-9-22(20)28-14)24(32)29-18-5-7-19(8-6-18)30-25(33)16-2-3-17-13-31(27)34-23(17)12-16/h2,4-13H,3,27H2,1H3,(H2,26,28)(H,29,32)(H,30,33). The summed E-state index contributed by atoms with van der Waals surface area (Å²) in [7, 11) is 0. The number of nitrogen functional groups attached to an aromatic ring is 1. The van der Waals surface area contributed by atoms with Gasteiger partial charge in [0.2, 0.25) is 0 Å². The molecule has 2 heterocycles. The Kier molecular flexibility index (Phi) is 5.56. The van der Waals surface area contributed by atoms with Gasteiger partial charge >= 0.3 is 0 Å². The van der Waals surface area contributed by atoms with Crippen molar-refractivity contribution in [2.75, 3.05) is 16.4 Å². The summed E-state index contributed by atoms with van der Waals surface area (Å²) in [6.45, 7) is 1.88. The second kappa shape index (κ2) is 8.69. The minimum absolute atomic E-state index is 0.197. The first-order chi connectivity index (χ1) is 16.4. The van der Waals surface area contributed by atoms with Gasteiger partial charge < -0.3 is 16.4 Å². The Morgan fingerprint density at radius 1 is 1.03 bits per heavy atom. The summed E-state index contributed by atoms with van der Waals surface area (Å²) >= 11 is 1.39. The van der Waals surface area contributed by atoms with E-state index in [0.29, 0.717) is 34.6 Å². The summed E-state index contributed by atoms with van der Waals surface area (Å²) in [5.74, 6) is 5.32. The zero-order valence-corrected chi connectivity index (χ0v) is 19.1. The summed E-state index contributed by atoms with van der Waals surface area (Å²) in [4.78, 5) is 30.8. The van der Waals surface area contributed by atoms with E-state index in [9.17, 15) is 9.59 Å². The van der Waals surface area contributed by atoms with Gasteiger partial charge in [0.05, 0.1) is 5.52 Å². The third kappa shape index (κ3) is 4.39. The highest BCUT2D eigenvalue weighted by atomic mass is 32.2. The number of aryl methyl sites for hydroxylation is 1. The number of nitrogens with two attached hydrogens (primary N) is 2. The average Bonchev–Trinajstić information content (AvgIpc) is 3.19. The van der Waals surface area contributed by atoms with Gasteiger partial charge in [-0.15, -0.1) is 0 Å². The van der Waals surface area contributed by atoms with Gasteiger partial charge in [-0.2, -0.15) is 0 Å². The second-order valence-corrected chi connectivity index (χ2v) is 9.09. The molecular formula is C25H22N6O2S. The Bertz CT molecular complexity index is 1430. The van der Waals surface area contributed by atoms with Crippen LogP contribution in [0.1, 0.15) is 22.5 Å². The van der Waals surface area contributed by atoms with Crippen LogP contribution in [0, 0.1) is 6.92 Å². The Labute approximate surface area is 200 Å². The SMILES string of the molecule is Cc1cc(N)c2cc(C(=O)Nc3ccc(NC(=O)C4=CCC5=CN(N)SC5=C4)cc3)ccc2n1. The number of carbonyl (C=O) groups is 2. The van der Waals surface area contributed by atoms with E-state index in [1.54, 1.807) is 48.5 Å². The van der Waals surface area contributed by atoms with Gasteiger partial charge in [-0.25, -0.2) is 5.84 Å². The van der Waals surface area contributed by atoms with Crippen LogP contribution in [-0.4, -0.2) is 21.2 Å². The summed E-state index contributed by atoms with van der Waals surface area (Å²) in [6, 6.07) is 14.0. The highest BCUT2D eigenvalue weighted by Gasteiger charge is 2.22. The van der Waals surface area contributed by atoms with Crippen molar-refractivity contribution in [2.24, 2.45) is 5.84 Å². The Balaban J connectivity index is 1.24. The van der Waals surface area contributed by atoms with Gasteiger partial charge in [-0.3, -0.25) is 19.0 Å². The number of nitrogens with one attached hydrogen (secondary N) is 2. The van der Waals surface area contributed by atoms with Crippen molar-refractivity contribution in [2.45, 2.75) is 13.3 Å². The molecule has 9 heteroatoms. The van der Waals surface area contributed by atoms with Crippen molar-refractivity contribution in [3.8, 4) is 0 Å². The minimum atomic E-state index is -0.260. The number of benzene rings is 2. The molecule has 2 amide bonds. The molecule has 5 rings (SSSR count). The van der Waals surface area contributed by atoms with E-state index in [0.717, 1.165) is 27.1 Å². The Morgan fingerprint density at radius 3 is 2.47 bits per heavy atom. The highest BCUT2D eigenvalue weighted by Crippen LogP contribution is 2.39. The predicted octanol–water partition coefficient (Wildman–Crippen LogP) is 4.25. The van der Waals surface area contributed by atoms with E-state index in [-0.39, 0.29) is 11.8 Å². The van der Waals surface area contributed by atoms with Gasteiger partial charge in [0.15, 0.2) is 0 Å². The molecule has 34 heavy (non-hydrogen) atoms. The molecule has 0 spiro atoms. The van der Waals surface area contributed by atoms with Crippen LogP contribution in [-0.2, 0) is 4.79 Å². The number of aromatic nitrogens is 1. The number of rotatable bonds is 4. The molecule has 1 aromatic heterocycles. The van der Waals surface area contributed by atoms with E-state index in [2.05, 4.69) is 15.6 Å². The van der Waals surface area contributed by atoms with Gasteiger partial charge in [0, 0.05) is 62.3 Å². The van der Waals surface area contributed by atoms with Crippen LogP contribution in [0.2, 0.25) is 0 Å². The normalized spacial score (nSPS) is 14.8. The summed E-state index contributed by atoms with van der Waals surface area (Å²) in [6.07, 6.45) is 6.24.